The maximum absolute atomic E-state index is 12.8. The van der Waals surface area contributed by atoms with Crippen LogP contribution in [-0.4, -0.2) is 54.1 Å². The first-order valence-electron chi connectivity index (χ1n) is 9.77. The fraction of sp³-hybridized carbons (Fsp3) is 0.286. The third-order valence-electron chi connectivity index (χ3n) is 5.04. The van der Waals surface area contributed by atoms with Gasteiger partial charge in [-0.05, 0) is 49.7 Å². The van der Waals surface area contributed by atoms with E-state index in [2.05, 4.69) is 20.5 Å². The topological polar surface area (TPSA) is 91.3 Å². The van der Waals surface area contributed by atoms with E-state index >= 15 is 0 Å². The van der Waals surface area contributed by atoms with Crippen molar-refractivity contribution in [2.24, 2.45) is 0 Å². The molecular formula is C21H24N6O2S. The zero-order valence-corrected chi connectivity index (χ0v) is 17.8. The summed E-state index contributed by atoms with van der Waals surface area (Å²) in [5.41, 5.74) is 2.12. The molecule has 0 unspecified atom stereocenters. The van der Waals surface area contributed by atoms with Crippen LogP contribution in [0.2, 0.25) is 0 Å². The van der Waals surface area contributed by atoms with Gasteiger partial charge >= 0.3 is 0 Å². The normalized spacial score (nSPS) is 15.2. The fourth-order valence-electron chi connectivity index (χ4n) is 3.25. The molecule has 8 nitrogen and oxygen atoms in total. The number of piperazine rings is 1. The summed E-state index contributed by atoms with van der Waals surface area (Å²) in [7, 11) is -3.48. The van der Waals surface area contributed by atoms with Gasteiger partial charge in [-0.3, -0.25) is 0 Å². The van der Waals surface area contributed by atoms with E-state index in [0.29, 0.717) is 42.7 Å². The molecule has 3 heterocycles. The van der Waals surface area contributed by atoms with Gasteiger partial charge in [-0.25, -0.2) is 13.4 Å². The van der Waals surface area contributed by atoms with E-state index in [1.54, 1.807) is 18.3 Å². The number of anilines is 3. The van der Waals surface area contributed by atoms with Gasteiger partial charge in [-0.1, -0.05) is 23.8 Å². The predicted octanol–water partition coefficient (Wildman–Crippen LogP) is 2.74. The third-order valence-corrected chi connectivity index (χ3v) is 6.95. The van der Waals surface area contributed by atoms with Crippen LogP contribution < -0.4 is 10.2 Å². The van der Waals surface area contributed by atoms with E-state index in [9.17, 15) is 8.42 Å². The molecule has 9 heteroatoms. The maximum Gasteiger partial charge on any atom is 0.243 e. The van der Waals surface area contributed by atoms with Crippen LogP contribution in [0.1, 0.15) is 11.1 Å². The van der Waals surface area contributed by atoms with E-state index in [0.717, 1.165) is 16.9 Å². The lowest BCUT2D eigenvalue weighted by Gasteiger charge is -2.34. The van der Waals surface area contributed by atoms with Crippen molar-refractivity contribution in [2.75, 3.05) is 36.4 Å². The van der Waals surface area contributed by atoms with Gasteiger partial charge in [0, 0.05) is 32.4 Å². The number of nitrogens with one attached hydrogen (secondary N) is 1. The zero-order valence-electron chi connectivity index (χ0n) is 17.0. The minimum absolute atomic E-state index is 0.335. The fourth-order valence-corrected chi connectivity index (χ4v) is 4.67. The Kier molecular flexibility index (Phi) is 5.65. The van der Waals surface area contributed by atoms with E-state index in [4.69, 9.17) is 0 Å². The molecule has 0 bridgehead atoms. The Balaban J connectivity index is 1.38. The van der Waals surface area contributed by atoms with E-state index in [1.165, 1.54) is 4.31 Å². The maximum atomic E-state index is 12.8. The quantitative estimate of drug-likeness (QED) is 0.673. The first kappa shape index (κ1) is 20.2. The SMILES string of the molecule is Cc1ccc(S(=O)(=O)N2CCN(c3ccc(Nc4ccc(C)cn4)nn3)CC2)cc1. The second kappa shape index (κ2) is 8.37. The number of nitrogens with zero attached hydrogens (tertiary/aromatic N) is 5. The summed E-state index contributed by atoms with van der Waals surface area (Å²) in [6.45, 7) is 5.86. The molecule has 1 aromatic carbocycles. The van der Waals surface area contributed by atoms with Crippen LogP contribution in [0, 0.1) is 13.8 Å². The number of hydrogen-bond acceptors (Lipinski definition) is 7. The molecule has 0 amide bonds. The van der Waals surface area contributed by atoms with Crippen molar-refractivity contribution >= 4 is 27.5 Å². The number of hydrogen-bond donors (Lipinski definition) is 1. The largest absolute Gasteiger partial charge is 0.352 e. The first-order chi connectivity index (χ1) is 14.4. The molecule has 0 aliphatic carbocycles. The lowest BCUT2D eigenvalue weighted by Crippen LogP contribution is -2.49. The summed E-state index contributed by atoms with van der Waals surface area (Å²) >= 11 is 0. The number of pyridine rings is 1. The summed E-state index contributed by atoms with van der Waals surface area (Å²) in [5.74, 6) is 2.04. The van der Waals surface area contributed by atoms with Gasteiger partial charge in [0.25, 0.3) is 0 Å². The molecule has 4 rings (SSSR count). The minimum atomic E-state index is -3.48. The minimum Gasteiger partial charge on any atom is -0.352 e. The lowest BCUT2D eigenvalue weighted by molar-refractivity contribution is 0.383. The molecular weight excluding hydrogens is 400 g/mol. The first-order valence-corrected chi connectivity index (χ1v) is 11.2. The standard InChI is InChI=1S/C21H24N6O2S/c1-16-3-6-18(7-4-16)30(28,29)27-13-11-26(12-14-27)21-10-9-20(24-25-21)23-19-8-5-17(2)15-22-19/h3-10,15H,11-14H2,1-2H3,(H,22,23,24). The number of aryl methyl sites for hydroxylation is 2. The van der Waals surface area contributed by atoms with Crippen LogP contribution in [0.25, 0.3) is 0 Å². The number of benzene rings is 1. The second-order valence-corrected chi connectivity index (χ2v) is 9.26. The molecule has 30 heavy (non-hydrogen) atoms. The Morgan fingerprint density at radius 2 is 1.47 bits per heavy atom. The molecule has 0 radical (unpaired) electrons. The number of sulfonamides is 1. The van der Waals surface area contributed by atoms with E-state index in [1.807, 2.05) is 55.1 Å². The molecule has 3 aromatic rings. The average molecular weight is 425 g/mol. The van der Waals surface area contributed by atoms with Gasteiger partial charge in [0.1, 0.15) is 5.82 Å². The Hall–Kier alpha value is -3.04. The van der Waals surface area contributed by atoms with Crippen LogP contribution >= 0.6 is 0 Å². The van der Waals surface area contributed by atoms with Crippen LogP contribution in [-0.2, 0) is 10.0 Å². The Bertz CT molecular complexity index is 1090. The number of rotatable bonds is 5. The molecule has 0 atom stereocenters. The third kappa shape index (κ3) is 4.42. The molecule has 2 aromatic heterocycles. The van der Waals surface area contributed by atoms with Crippen LogP contribution in [0.4, 0.5) is 17.5 Å². The summed E-state index contributed by atoms with van der Waals surface area (Å²) in [5, 5.41) is 11.6. The highest BCUT2D eigenvalue weighted by molar-refractivity contribution is 7.89. The predicted molar refractivity (Wildman–Crippen MR) is 116 cm³/mol. The van der Waals surface area contributed by atoms with Gasteiger partial charge in [0.15, 0.2) is 11.6 Å². The second-order valence-electron chi connectivity index (χ2n) is 7.33. The number of aromatic nitrogens is 3. The van der Waals surface area contributed by atoms with Crippen molar-refractivity contribution in [1.82, 2.24) is 19.5 Å². The highest BCUT2D eigenvalue weighted by Crippen LogP contribution is 2.21. The molecule has 1 saturated heterocycles. The Labute approximate surface area is 176 Å². The Morgan fingerprint density at radius 3 is 2.07 bits per heavy atom. The molecule has 1 fully saturated rings. The van der Waals surface area contributed by atoms with Crippen molar-refractivity contribution in [3.05, 3.63) is 65.9 Å². The molecule has 0 spiro atoms. The van der Waals surface area contributed by atoms with Gasteiger partial charge in [-0.2, -0.15) is 4.31 Å². The van der Waals surface area contributed by atoms with Crippen LogP contribution in [0.3, 0.4) is 0 Å². The highest BCUT2D eigenvalue weighted by atomic mass is 32.2. The summed E-state index contributed by atoms with van der Waals surface area (Å²) < 4.78 is 27.2. The summed E-state index contributed by atoms with van der Waals surface area (Å²) in [6.07, 6.45) is 1.79. The monoisotopic (exact) mass is 424 g/mol. The van der Waals surface area contributed by atoms with Crippen molar-refractivity contribution in [3.8, 4) is 0 Å². The Morgan fingerprint density at radius 1 is 0.800 bits per heavy atom. The highest BCUT2D eigenvalue weighted by Gasteiger charge is 2.28. The summed E-state index contributed by atoms with van der Waals surface area (Å²) in [4.78, 5) is 6.67. The van der Waals surface area contributed by atoms with Gasteiger partial charge < -0.3 is 10.2 Å². The van der Waals surface area contributed by atoms with E-state index in [-0.39, 0.29) is 0 Å². The van der Waals surface area contributed by atoms with Crippen molar-refractivity contribution < 1.29 is 8.42 Å². The van der Waals surface area contributed by atoms with Crippen molar-refractivity contribution in [1.29, 1.82) is 0 Å². The van der Waals surface area contributed by atoms with Gasteiger partial charge in [0.05, 0.1) is 4.90 Å². The van der Waals surface area contributed by atoms with Crippen molar-refractivity contribution in [3.63, 3.8) is 0 Å². The molecule has 156 valence electrons. The smallest absolute Gasteiger partial charge is 0.243 e. The van der Waals surface area contributed by atoms with Gasteiger partial charge in [-0.15, -0.1) is 10.2 Å². The molecule has 0 saturated carbocycles. The van der Waals surface area contributed by atoms with Crippen molar-refractivity contribution in [2.45, 2.75) is 18.7 Å². The van der Waals surface area contributed by atoms with Gasteiger partial charge in [0.2, 0.25) is 10.0 Å². The summed E-state index contributed by atoms with van der Waals surface area (Å²) in [6, 6.07) is 14.6. The zero-order chi connectivity index (χ0) is 21.1. The van der Waals surface area contributed by atoms with E-state index < -0.39 is 10.0 Å². The lowest BCUT2D eigenvalue weighted by atomic mass is 10.2. The molecule has 1 aliphatic rings. The van der Waals surface area contributed by atoms with Crippen LogP contribution in [0.15, 0.2) is 59.6 Å². The van der Waals surface area contributed by atoms with Crippen LogP contribution in [0.5, 0.6) is 0 Å². The average Bonchev–Trinajstić information content (AvgIpc) is 2.76. The molecule has 1 aliphatic heterocycles. The molecule has 1 N–H and O–H groups in total.